The molecule has 3 heteroatoms. The van der Waals surface area contributed by atoms with Gasteiger partial charge in [0.2, 0.25) is 0 Å². The van der Waals surface area contributed by atoms with Gasteiger partial charge in [0, 0.05) is 0 Å². The van der Waals surface area contributed by atoms with Gasteiger partial charge in [0.05, 0.1) is 5.92 Å². The molecular formula is C26H43O2Rf-. The normalized spacial score (nSPS) is 39.3. The minimum atomic E-state index is 0. The first-order valence-corrected chi connectivity index (χ1v) is 12.7. The summed E-state index contributed by atoms with van der Waals surface area (Å²) in [4.78, 5) is 12.7. The maximum absolute atomic E-state index is 12.7. The summed E-state index contributed by atoms with van der Waals surface area (Å²) in [5.41, 5.74) is 0. The van der Waals surface area contributed by atoms with Crippen LogP contribution in [0.4, 0.5) is 0 Å². The number of rotatable bonds is 4. The quantitative estimate of drug-likeness (QED) is 0.239. The van der Waals surface area contributed by atoms with Crippen molar-refractivity contribution in [2.45, 2.75) is 116 Å². The Morgan fingerprint density at radius 3 is 1.66 bits per heavy atom. The molecule has 0 unspecified atom stereocenters. The van der Waals surface area contributed by atoms with Gasteiger partial charge in [-0.1, -0.05) is 32.6 Å². The number of ether oxygens (including phenoxy) is 1. The third-order valence-electron chi connectivity index (χ3n) is 8.98. The summed E-state index contributed by atoms with van der Waals surface area (Å²) in [5, 5.41) is 0. The van der Waals surface area contributed by atoms with E-state index < -0.39 is 0 Å². The summed E-state index contributed by atoms with van der Waals surface area (Å²) in [5.74, 6) is 4.96. The van der Waals surface area contributed by atoms with Crippen molar-refractivity contribution in [2.75, 3.05) is 0 Å². The van der Waals surface area contributed by atoms with Crippen LogP contribution in [0.5, 0.6) is 0 Å². The molecule has 2 nitrogen and oxygen atoms in total. The molecule has 4 fully saturated rings. The standard InChI is InChI=1S/C26H43O2.Rf/c1-19-7-9-21(10-8-19)23-15-17-25(18-16-23)28-26(27)24-13-11-22(12-14-24)20-5-3-2-4-6-20;/h2,19-25H,3-18H2,1H3;/q-1;. The molecule has 4 aliphatic rings. The molecule has 0 saturated heterocycles. The Hall–Kier alpha value is -1.53. The number of esters is 1. The molecule has 162 valence electrons. The van der Waals surface area contributed by atoms with Gasteiger partial charge in [-0.15, -0.1) is 0 Å². The van der Waals surface area contributed by atoms with Crippen molar-refractivity contribution < 1.29 is 9.53 Å². The molecule has 0 bridgehead atoms. The molecule has 4 saturated carbocycles. The van der Waals surface area contributed by atoms with Crippen molar-refractivity contribution >= 4 is 5.97 Å². The third-order valence-corrected chi connectivity index (χ3v) is 8.98. The number of carbonyl (C=O) groups excluding carboxylic acids is 1. The molecule has 0 N–H and O–H groups in total. The largest absolute Gasteiger partial charge is 0.462 e. The Bertz CT molecular complexity index is 477. The maximum Gasteiger partial charge on any atom is 0.309 e. The molecule has 0 aromatic rings. The van der Waals surface area contributed by atoms with Gasteiger partial charge in [0.25, 0.3) is 0 Å². The molecule has 0 aliphatic heterocycles. The van der Waals surface area contributed by atoms with Gasteiger partial charge in [-0.2, -0.15) is 12.8 Å². The zero-order valence-corrected chi connectivity index (χ0v) is 25.4. The van der Waals surface area contributed by atoms with Crippen molar-refractivity contribution in [3.8, 4) is 0 Å². The zero-order valence-electron chi connectivity index (χ0n) is 19.0. The summed E-state index contributed by atoms with van der Waals surface area (Å²) in [6.45, 7) is 2.41. The SMILES string of the molecule is CC1CCC(C2CCC(OC(=O)C3CCC(C4CC[CH-]CC4)CC3)CC2)CC1.[Rf]. The molecule has 4 aliphatic carbocycles. The van der Waals surface area contributed by atoms with Gasteiger partial charge in [-0.05, 0) is 93.8 Å². The Morgan fingerprint density at radius 2 is 1.10 bits per heavy atom. The van der Waals surface area contributed by atoms with Gasteiger partial charge in [0.1, 0.15) is 6.10 Å². The smallest absolute Gasteiger partial charge is 0.309 e. The van der Waals surface area contributed by atoms with Gasteiger partial charge < -0.3 is 11.2 Å². The predicted molar refractivity (Wildman–Crippen MR) is 115 cm³/mol. The molecule has 0 aromatic heterocycles. The van der Waals surface area contributed by atoms with Crippen molar-refractivity contribution in [2.24, 2.45) is 35.5 Å². The van der Waals surface area contributed by atoms with Crippen LogP contribution in [-0.4, -0.2) is 12.1 Å². The summed E-state index contributed by atoms with van der Waals surface area (Å²) >= 11 is 0. The predicted octanol–water partition coefficient (Wildman–Crippen LogP) is 7.12. The van der Waals surface area contributed by atoms with E-state index in [-0.39, 0.29) is 18.0 Å². The molecule has 0 aromatic carbocycles. The van der Waals surface area contributed by atoms with Crippen molar-refractivity contribution in [3.05, 3.63) is 6.42 Å². The molecular weight excluding hydrogens is 611 g/mol. The average molecular weight is 655 g/mol. The summed E-state index contributed by atoms with van der Waals surface area (Å²) < 4.78 is 6.02. The van der Waals surface area contributed by atoms with Crippen LogP contribution in [0.1, 0.15) is 110 Å². The third kappa shape index (κ3) is 5.76. The zero-order chi connectivity index (χ0) is 19.3. The maximum atomic E-state index is 12.7. The Balaban J connectivity index is 0.00000240. The van der Waals surface area contributed by atoms with E-state index in [0.717, 1.165) is 55.3 Å². The number of carbonyl (C=O) groups is 1. The van der Waals surface area contributed by atoms with Crippen LogP contribution < -0.4 is 0 Å². The van der Waals surface area contributed by atoms with Crippen LogP contribution in [-0.2, 0) is 9.53 Å². The van der Waals surface area contributed by atoms with E-state index in [1.54, 1.807) is 0 Å². The van der Waals surface area contributed by atoms with Crippen LogP contribution in [0.3, 0.4) is 0 Å². The first-order chi connectivity index (χ1) is 13.7. The molecule has 0 atom stereocenters. The summed E-state index contributed by atoms with van der Waals surface area (Å²) in [6.07, 6.45) is 23.4. The van der Waals surface area contributed by atoms with E-state index in [9.17, 15) is 4.79 Å². The summed E-state index contributed by atoms with van der Waals surface area (Å²) in [6, 6.07) is 0. The monoisotopic (exact) mass is 654 g/mol. The van der Waals surface area contributed by atoms with E-state index in [2.05, 4.69) is 13.3 Å². The average Bonchev–Trinajstić information content (AvgIpc) is 2.76. The summed E-state index contributed by atoms with van der Waals surface area (Å²) in [7, 11) is 0. The molecule has 0 amide bonds. The minimum absolute atomic E-state index is 0. The fourth-order valence-corrected chi connectivity index (χ4v) is 6.95. The Labute approximate surface area is 173 Å². The second-order valence-electron chi connectivity index (χ2n) is 10.8. The minimum Gasteiger partial charge on any atom is -0.462 e. The van der Waals surface area contributed by atoms with Crippen LogP contribution in [0.15, 0.2) is 0 Å². The first-order valence-electron chi connectivity index (χ1n) is 12.7. The number of hydrogen-bond donors (Lipinski definition) is 0. The van der Waals surface area contributed by atoms with Gasteiger partial charge in [0.15, 0.2) is 0 Å². The molecule has 0 heterocycles. The number of hydrogen-bond acceptors (Lipinski definition) is 2. The van der Waals surface area contributed by atoms with Crippen LogP contribution in [0.2, 0.25) is 0 Å². The van der Waals surface area contributed by atoms with Crippen molar-refractivity contribution in [3.63, 3.8) is 0 Å². The fraction of sp³-hybridized carbons (Fsp3) is 0.923. The van der Waals surface area contributed by atoms with E-state index in [0.29, 0.717) is 0 Å². The van der Waals surface area contributed by atoms with E-state index in [1.807, 2.05) is 0 Å². The van der Waals surface area contributed by atoms with Gasteiger partial charge in [-0.3, -0.25) is 4.79 Å². The van der Waals surface area contributed by atoms with Gasteiger partial charge >= 0.3 is 5.97 Å². The second kappa shape index (κ2) is 10.5. The van der Waals surface area contributed by atoms with Crippen molar-refractivity contribution in [1.29, 1.82) is 0 Å². The van der Waals surface area contributed by atoms with Crippen LogP contribution in [0, 0.1) is 41.9 Å². The van der Waals surface area contributed by atoms with E-state index in [4.69, 9.17) is 4.74 Å². The molecule has 29 heavy (non-hydrogen) atoms. The Morgan fingerprint density at radius 1 is 0.655 bits per heavy atom. The fourth-order valence-electron chi connectivity index (χ4n) is 6.95. The van der Waals surface area contributed by atoms with E-state index in [1.165, 1.54) is 77.0 Å². The second-order valence-corrected chi connectivity index (χ2v) is 10.8. The first kappa shape index (κ1) is 22.2. The molecule has 4 rings (SSSR count). The van der Waals surface area contributed by atoms with Crippen molar-refractivity contribution in [1.82, 2.24) is 0 Å². The molecule has 0 radical (unpaired) electrons. The van der Waals surface area contributed by atoms with E-state index >= 15 is 0 Å². The Kier molecular flexibility index (Phi) is 8.01. The topological polar surface area (TPSA) is 26.3 Å². The molecule has 0 spiro atoms. The van der Waals surface area contributed by atoms with Crippen LogP contribution in [0.25, 0.3) is 0 Å². The van der Waals surface area contributed by atoms with Gasteiger partial charge in [-0.25, -0.2) is 0 Å². The van der Waals surface area contributed by atoms with Crippen LogP contribution >= 0.6 is 0 Å².